The number of anilines is 2. The maximum absolute atomic E-state index is 5.77. The number of rotatable bonds is 2. The highest BCUT2D eigenvalue weighted by Crippen LogP contribution is 2.32. The summed E-state index contributed by atoms with van der Waals surface area (Å²) < 4.78 is 5.77. The summed E-state index contributed by atoms with van der Waals surface area (Å²) in [6, 6.07) is 13.1. The van der Waals surface area contributed by atoms with Crippen LogP contribution in [0.1, 0.15) is 23.1 Å². The van der Waals surface area contributed by atoms with Gasteiger partial charge in [0, 0.05) is 24.5 Å². The summed E-state index contributed by atoms with van der Waals surface area (Å²) in [5, 5.41) is 0. The van der Waals surface area contributed by atoms with Crippen LogP contribution < -0.4 is 9.64 Å². The van der Waals surface area contributed by atoms with Crippen molar-refractivity contribution in [2.75, 3.05) is 18.6 Å². The predicted molar refractivity (Wildman–Crippen MR) is 84.2 cm³/mol. The summed E-state index contributed by atoms with van der Waals surface area (Å²) in [5.74, 6) is 1.05. The molecule has 3 rings (SSSR count). The molecule has 0 N–H and O–H groups in total. The molecule has 1 heterocycles. The van der Waals surface area contributed by atoms with E-state index in [0.29, 0.717) is 0 Å². The lowest BCUT2D eigenvalue weighted by atomic mass is 10.0. The molecule has 2 nitrogen and oxygen atoms in total. The van der Waals surface area contributed by atoms with Crippen LogP contribution >= 0.6 is 0 Å². The van der Waals surface area contributed by atoms with Crippen molar-refractivity contribution in [3.8, 4) is 5.75 Å². The van der Waals surface area contributed by atoms with E-state index < -0.39 is 0 Å². The van der Waals surface area contributed by atoms with Crippen LogP contribution in [0.25, 0.3) is 0 Å². The SMILES string of the molecule is Cc1ccc(N(C)c2ccc3c(c2)OCCC3)cc1C. The van der Waals surface area contributed by atoms with Gasteiger partial charge in [-0.25, -0.2) is 0 Å². The number of aryl methyl sites for hydroxylation is 3. The van der Waals surface area contributed by atoms with Crippen LogP contribution in [0.2, 0.25) is 0 Å². The van der Waals surface area contributed by atoms with Crippen molar-refractivity contribution in [3.05, 3.63) is 53.1 Å². The van der Waals surface area contributed by atoms with Crippen molar-refractivity contribution in [1.29, 1.82) is 0 Å². The number of hydrogen-bond donors (Lipinski definition) is 0. The Kier molecular flexibility index (Phi) is 3.39. The number of hydrogen-bond acceptors (Lipinski definition) is 2. The Morgan fingerprint density at radius 1 is 0.950 bits per heavy atom. The van der Waals surface area contributed by atoms with Gasteiger partial charge in [-0.05, 0) is 61.6 Å². The Morgan fingerprint density at radius 3 is 2.50 bits per heavy atom. The second-order valence-electron chi connectivity index (χ2n) is 5.57. The molecule has 0 amide bonds. The second kappa shape index (κ2) is 5.20. The third kappa shape index (κ3) is 2.38. The number of ether oxygens (including phenoxy) is 1. The molecule has 1 aliphatic rings. The molecule has 0 unspecified atom stereocenters. The fourth-order valence-corrected chi connectivity index (χ4v) is 2.62. The Hall–Kier alpha value is -1.96. The van der Waals surface area contributed by atoms with E-state index in [-0.39, 0.29) is 0 Å². The summed E-state index contributed by atoms with van der Waals surface area (Å²) in [6.45, 7) is 5.14. The summed E-state index contributed by atoms with van der Waals surface area (Å²) in [5.41, 5.74) is 6.37. The van der Waals surface area contributed by atoms with E-state index in [4.69, 9.17) is 4.74 Å². The zero-order chi connectivity index (χ0) is 14.1. The van der Waals surface area contributed by atoms with Gasteiger partial charge in [0.25, 0.3) is 0 Å². The van der Waals surface area contributed by atoms with Crippen molar-refractivity contribution in [3.63, 3.8) is 0 Å². The van der Waals surface area contributed by atoms with Crippen LogP contribution in [0.5, 0.6) is 5.75 Å². The maximum Gasteiger partial charge on any atom is 0.124 e. The highest BCUT2D eigenvalue weighted by molar-refractivity contribution is 5.66. The van der Waals surface area contributed by atoms with Crippen LogP contribution in [0.3, 0.4) is 0 Å². The first kappa shape index (κ1) is 13.0. The minimum absolute atomic E-state index is 0.837. The van der Waals surface area contributed by atoms with Gasteiger partial charge in [0.05, 0.1) is 6.61 Å². The van der Waals surface area contributed by atoms with Crippen LogP contribution in [-0.4, -0.2) is 13.7 Å². The fourth-order valence-electron chi connectivity index (χ4n) is 2.62. The van der Waals surface area contributed by atoms with E-state index in [0.717, 1.165) is 25.2 Å². The van der Waals surface area contributed by atoms with E-state index in [2.05, 4.69) is 62.2 Å². The maximum atomic E-state index is 5.77. The zero-order valence-corrected chi connectivity index (χ0v) is 12.4. The average molecular weight is 267 g/mol. The van der Waals surface area contributed by atoms with Crippen LogP contribution in [0.15, 0.2) is 36.4 Å². The van der Waals surface area contributed by atoms with Crippen molar-refractivity contribution in [2.45, 2.75) is 26.7 Å². The lowest BCUT2D eigenvalue weighted by molar-refractivity contribution is 0.288. The summed E-state index contributed by atoms with van der Waals surface area (Å²) >= 11 is 0. The molecular formula is C18H21NO. The Labute approximate surface area is 121 Å². The Balaban J connectivity index is 1.93. The molecule has 0 aliphatic carbocycles. The summed E-state index contributed by atoms with van der Waals surface area (Å²) in [6.07, 6.45) is 2.25. The largest absolute Gasteiger partial charge is 0.493 e. The smallest absolute Gasteiger partial charge is 0.124 e. The molecule has 104 valence electrons. The van der Waals surface area contributed by atoms with Gasteiger partial charge in [-0.2, -0.15) is 0 Å². The highest BCUT2D eigenvalue weighted by atomic mass is 16.5. The second-order valence-corrected chi connectivity index (χ2v) is 5.57. The van der Waals surface area contributed by atoms with Crippen molar-refractivity contribution >= 4 is 11.4 Å². The van der Waals surface area contributed by atoms with Gasteiger partial charge in [-0.15, -0.1) is 0 Å². The Bertz CT molecular complexity index is 633. The quantitative estimate of drug-likeness (QED) is 0.799. The van der Waals surface area contributed by atoms with Gasteiger partial charge in [-0.3, -0.25) is 0 Å². The fraction of sp³-hybridized carbons (Fsp3) is 0.333. The molecule has 0 saturated carbocycles. The zero-order valence-electron chi connectivity index (χ0n) is 12.4. The van der Waals surface area contributed by atoms with Gasteiger partial charge >= 0.3 is 0 Å². The number of benzene rings is 2. The molecule has 2 heteroatoms. The number of fused-ring (bicyclic) bond motifs is 1. The molecule has 1 aliphatic heterocycles. The molecule has 0 fully saturated rings. The molecule has 0 spiro atoms. The van der Waals surface area contributed by atoms with Gasteiger partial charge in [0.2, 0.25) is 0 Å². The van der Waals surface area contributed by atoms with Crippen LogP contribution in [0.4, 0.5) is 11.4 Å². The standard InChI is InChI=1S/C18H21NO/c1-13-6-8-16(11-14(13)2)19(3)17-9-7-15-5-4-10-20-18(15)12-17/h6-9,11-12H,4-5,10H2,1-3H3. The van der Waals surface area contributed by atoms with Gasteiger partial charge in [0.1, 0.15) is 5.75 Å². The molecule has 2 aromatic carbocycles. The molecular weight excluding hydrogens is 246 g/mol. The van der Waals surface area contributed by atoms with E-state index in [1.807, 2.05) is 0 Å². The molecule has 2 aromatic rings. The predicted octanol–water partition coefficient (Wildman–Crippen LogP) is 4.40. The van der Waals surface area contributed by atoms with Crippen LogP contribution in [-0.2, 0) is 6.42 Å². The first-order valence-corrected chi connectivity index (χ1v) is 7.22. The lowest BCUT2D eigenvalue weighted by Crippen LogP contribution is -2.12. The lowest BCUT2D eigenvalue weighted by Gasteiger charge is -2.24. The minimum Gasteiger partial charge on any atom is -0.493 e. The van der Waals surface area contributed by atoms with E-state index in [1.165, 1.54) is 28.1 Å². The molecule has 0 bridgehead atoms. The molecule has 0 saturated heterocycles. The van der Waals surface area contributed by atoms with Crippen LogP contribution in [0, 0.1) is 13.8 Å². The van der Waals surface area contributed by atoms with Gasteiger partial charge < -0.3 is 9.64 Å². The van der Waals surface area contributed by atoms with E-state index in [9.17, 15) is 0 Å². The van der Waals surface area contributed by atoms with E-state index in [1.54, 1.807) is 0 Å². The minimum atomic E-state index is 0.837. The number of nitrogens with zero attached hydrogens (tertiary/aromatic N) is 1. The molecule has 0 aromatic heterocycles. The normalized spacial score (nSPS) is 13.6. The van der Waals surface area contributed by atoms with Gasteiger partial charge in [0.15, 0.2) is 0 Å². The van der Waals surface area contributed by atoms with Crippen molar-refractivity contribution in [2.24, 2.45) is 0 Å². The highest BCUT2D eigenvalue weighted by Gasteiger charge is 2.13. The summed E-state index contributed by atoms with van der Waals surface area (Å²) in [7, 11) is 2.11. The molecule has 0 radical (unpaired) electrons. The van der Waals surface area contributed by atoms with Crippen molar-refractivity contribution in [1.82, 2.24) is 0 Å². The first-order chi connectivity index (χ1) is 9.65. The van der Waals surface area contributed by atoms with E-state index >= 15 is 0 Å². The molecule has 0 atom stereocenters. The Morgan fingerprint density at radius 2 is 1.70 bits per heavy atom. The topological polar surface area (TPSA) is 12.5 Å². The average Bonchev–Trinajstić information content (AvgIpc) is 2.49. The third-order valence-electron chi connectivity index (χ3n) is 4.16. The summed E-state index contributed by atoms with van der Waals surface area (Å²) in [4.78, 5) is 2.21. The third-order valence-corrected chi connectivity index (χ3v) is 4.16. The monoisotopic (exact) mass is 267 g/mol. The first-order valence-electron chi connectivity index (χ1n) is 7.22. The molecule has 20 heavy (non-hydrogen) atoms. The van der Waals surface area contributed by atoms with Gasteiger partial charge in [-0.1, -0.05) is 12.1 Å². The van der Waals surface area contributed by atoms with Crippen molar-refractivity contribution < 1.29 is 4.74 Å².